The fourth-order valence-electron chi connectivity index (χ4n) is 3.10. The van der Waals surface area contributed by atoms with Gasteiger partial charge in [-0.2, -0.15) is 0 Å². The number of rotatable bonds is 3. The summed E-state index contributed by atoms with van der Waals surface area (Å²) in [5.41, 5.74) is 2.84. The van der Waals surface area contributed by atoms with Gasteiger partial charge in [0.25, 0.3) is 0 Å². The van der Waals surface area contributed by atoms with Crippen molar-refractivity contribution in [3.05, 3.63) is 34.9 Å². The van der Waals surface area contributed by atoms with Crippen LogP contribution in [0.2, 0.25) is 0 Å². The van der Waals surface area contributed by atoms with Crippen LogP contribution in [0.1, 0.15) is 67.9 Å². The summed E-state index contributed by atoms with van der Waals surface area (Å²) in [6, 6.07) is 5.96. The average molecular weight is 317 g/mol. The van der Waals surface area contributed by atoms with Crippen LogP contribution in [0.25, 0.3) is 0 Å². The highest BCUT2D eigenvalue weighted by Gasteiger charge is 2.28. The van der Waals surface area contributed by atoms with Crippen LogP contribution in [0, 0.1) is 0 Å². The lowest BCUT2D eigenvalue weighted by Crippen LogP contribution is -2.41. The lowest BCUT2D eigenvalue weighted by molar-refractivity contribution is 0.0204. The number of benzene rings is 1. The summed E-state index contributed by atoms with van der Waals surface area (Å²) >= 11 is 0. The maximum absolute atomic E-state index is 12.1. The standard InChI is InChI=1S/C19H27NO3/c1-5-15-12-14(13-21)6-7-17(15)16-8-10-20(11-9-16)18(22)23-19(2,3)4/h6-7,12-13,16H,5,8-11H2,1-4H3. The number of piperidine rings is 1. The van der Waals surface area contributed by atoms with E-state index >= 15 is 0 Å². The molecule has 2 rings (SSSR count). The van der Waals surface area contributed by atoms with Crippen LogP contribution >= 0.6 is 0 Å². The number of amides is 1. The summed E-state index contributed by atoms with van der Waals surface area (Å²) in [6.07, 6.45) is 3.47. The van der Waals surface area contributed by atoms with Crippen molar-refractivity contribution in [3.8, 4) is 0 Å². The van der Waals surface area contributed by atoms with Crippen LogP contribution < -0.4 is 0 Å². The summed E-state index contributed by atoms with van der Waals surface area (Å²) < 4.78 is 5.44. The van der Waals surface area contributed by atoms with Crippen LogP contribution in [-0.2, 0) is 11.2 Å². The molecule has 0 unspecified atom stereocenters. The molecule has 1 aromatic carbocycles. The number of carbonyl (C=O) groups excluding carboxylic acids is 2. The van der Waals surface area contributed by atoms with E-state index in [2.05, 4.69) is 13.0 Å². The summed E-state index contributed by atoms with van der Waals surface area (Å²) in [5, 5.41) is 0. The van der Waals surface area contributed by atoms with Crippen molar-refractivity contribution >= 4 is 12.4 Å². The molecular weight excluding hydrogens is 290 g/mol. The van der Waals surface area contributed by atoms with Gasteiger partial charge < -0.3 is 9.64 Å². The van der Waals surface area contributed by atoms with E-state index < -0.39 is 5.60 Å². The van der Waals surface area contributed by atoms with E-state index in [0.717, 1.165) is 44.2 Å². The fraction of sp³-hybridized carbons (Fsp3) is 0.579. The van der Waals surface area contributed by atoms with Crippen molar-refractivity contribution in [3.63, 3.8) is 0 Å². The first-order valence-corrected chi connectivity index (χ1v) is 8.40. The Balaban J connectivity index is 2.02. The van der Waals surface area contributed by atoms with Gasteiger partial charge >= 0.3 is 6.09 Å². The Morgan fingerprint density at radius 1 is 1.30 bits per heavy atom. The number of likely N-dealkylation sites (tertiary alicyclic amines) is 1. The number of carbonyl (C=O) groups is 2. The van der Waals surface area contributed by atoms with E-state index in [0.29, 0.717) is 5.92 Å². The molecule has 0 spiro atoms. The van der Waals surface area contributed by atoms with E-state index in [4.69, 9.17) is 4.74 Å². The largest absolute Gasteiger partial charge is 0.444 e. The number of aryl methyl sites for hydroxylation is 1. The van der Waals surface area contributed by atoms with Gasteiger partial charge in [0.2, 0.25) is 0 Å². The van der Waals surface area contributed by atoms with Gasteiger partial charge in [0, 0.05) is 18.7 Å². The monoisotopic (exact) mass is 317 g/mol. The first kappa shape index (κ1) is 17.5. The smallest absolute Gasteiger partial charge is 0.410 e. The molecule has 0 saturated carbocycles. The first-order chi connectivity index (χ1) is 10.8. The van der Waals surface area contributed by atoms with E-state index in [1.165, 1.54) is 11.1 Å². The molecule has 0 aliphatic carbocycles. The topological polar surface area (TPSA) is 46.6 Å². The molecule has 1 heterocycles. The second-order valence-electron chi connectivity index (χ2n) is 7.17. The highest BCUT2D eigenvalue weighted by molar-refractivity contribution is 5.75. The van der Waals surface area contributed by atoms with Crippen molar-refractivity contribution in [2.75, 3.05) is 13.1 Å². The number of ether oxygens (including phenoxy) is 1. The Morgan fingerprint density at radius 2 is 1.96 bits per heavy atom. The molecule has 1 aliphatic heterocycles. The van der Waals surface area contributed by atoms with Gasteiger partial charge in [-0.1, -0.05) is 19.1 Å². The van der Waals surface area contributed by atoms with E-state index in [1.807, 2.05) is 32.9 Å². The predicted octanol–water partition coefficient (Wildman–Crippen LogP) is 4.18. The van der Waals surface area contributed by atoms with Gasteiger partial charge in [-0.3, -0.25) is 4.79 Å². The van der Waals surface area contributed by atoms with Crippen molar-refractivity contribution in [1.29, 1.82) is 0 Å². The number of nitrogens with zero attached hydrogens (tertiary/aromatic N) is 1. The third-order valence-corrected chi connectivity index (χ3v) is 4.27. The molecule has 0 radical (unpaired) electrons. The number of aldehydes is 1. The first-order valence-electron chi connectivity index (χ1n) is 8.40. The van der Waals surface area contributed by atoms with Crippen LogP contribution in [0.15, 0.2) is 18.2 Å². The molecule has 126 valence electrons. The molecule has 4 heteroatoms. The Hall–Kier alpha value is -1.84. The summed E-state index contributed by atoms with van der Waals surface area (Å²) in [7, 11) is 0. The Morgan fingerprint density at radius 3 is 2.48 bits per heavy atom. The number of hydrogen-bond donors (Lipinski definition) is 0. The van der Waals surface area contributed by atoms with E-state index in [9.17, 15) is 9.59 Å². The Kier molecular flexibility index (Phi) is 5.45. The molecule has 4 nitrogen and oxygen atoms in total. The van der Waals surface area contributed by atoms with E-state index in [-0.39, 0.29) is 6.09 Å². The van der Waals surface area contributed by atoms with Crippen LogP contribution in [0.5, 0.6) is 0 Å². The lowest BCUT2D eigenvalue weighted by atomic mass is 9.85. The van der Waals surface area contributed by atoms with Crippen molar-refractivity contribution in [2.45, 2.75) is 58.5 Å². The molecule has 1 aromatic rings. The summed E-state index contributed by atoms with van der Waals surface area (Å²) in [6.45, 7) is 9.22. The Bertz CT molecular complexity index is 566. The highest BCUT2D eigenvalue weighted by Crippen LogP contribution is 2.31. The van der Waals surface area contributed by atoms with Gasteiger partial charge in [0.1, 0.15) is 11.9 Å². The molecule has 0 bridgehead atoms. The normalized spacial score (nSPS) is 16.3. The van der Waals surface area contributed by atoms with Crippen LogP contribution in [0.4, 0.5) is 4.79 Å². The summed E-state index contributed by atoms with van der Waals surface area (Å²) in [4.78, 5) is 24.9. The van der Waals surface area contributed by atoms with Crippen molar-refractivity contribution in [2.24, 2.45) is 0 Å². The molecule has 1 aliphatic rings. The molecule has 1 saturated heterocycles. The zero-order chi connectivity index (χ0) is 17.0. The molecular formula is C19H27NO3. The maximum Gasteiger partial charge on any atom is 0.410 e. The lowest BCUT2D eigenvalue weighted by Gasteiger charge is -2.34. The molecule has 0 aromatic heterocycles. The predicted molar refractivity (Wildman–Crippen MR) is 91.0 cm³/mol. The van der Waals surface area contributed by atoms with Crippen molar-refractivity contribution in [1.82, 2.24) is 4.90 Å². The highest BCUT2D eigenvalue weighted by atomic mass is 16.6. The van der Waals surface area contributed by atoms with Gasteiger partial charge in [0.15, 0.2) is 0 Å². The molecule has 0 N–H and O–H groups in total. The average Bonchev–Trinajstić information content (AvgIpc) is 2.52. The van der Waals surface area contributed by atoms with Crippen LogP contribution in [-0.4, -0.2) is 36.0 Å². The SMILES string of the molecule is CCc1cc(C=O)ccc1C1CCN(C(=O)OC(C)(C)C)CC1. The minimum Gasteiger partial charge on any atom is -0.444 e. The van der Waals surface area contributed by atoms with Gasteiger partial charge in [-0.05, 0) is 63.1 Å². The van der Waals surface area contributed by atoms with Crippen molar-refractivity contribution < 1.29 is 14.3 Å². The van der Waals surface area contributed by atoms with Gasteiger partial charge in [0.05, 0.1) is 0 Å². The zero-order valence-corrected chi connectivity index (χ0v) is 14.6. The van der Waals surface area contributed by atoms with Gasteiger partial charge in [-0.25, -0.2) is 4.79 Å². The second-order valence-corrected chi connectivity index (χ2v) is 7.17. The Labute approximate surface area is 138 Å². The molecule has 0 atom stereocenters. The minimum absolute atomic E-state index is 0.219. The van der Waals surface area contributed by atoms with E-state index in [1.54, 1.807) is 4.90 Å². The third-order valence-electron chi connectivity index (χ3n) is 4.27. The molecule has 23 heavy (non-hydrogen) atoms. The van der Waals surface area contributed by atoms with Gasteiger partial charge in [-0.15, -0.1) is 0 Å². The van der Waals surface area contributed by atoms with Crippen LogP contribution in [0.3, 0.4) is 0 Å². The maximum atomic E-state index is 12.1. The molecule has 1 fully saturated rings. The minimum atomic E-state index is -0.450. The fourth-order valence-corrected chi connectivity index (χ4v) is 3.10. The summed E-state index contributed by atoms with van der Waals surface area (Å²) in [5.74, 6) is 0.448. The second kappa shape index (κ2) is 7.16. The quantitative estimate of drug-likeness (QED) is 0.786. The molecule has 1 amide bonds. The number of hydrogen-bond acceptors (Lipinski definition) is 3. The zero-order valence-electron chi connectivity index (χ0n) is 14.6. The third kappa shape index (κ3) is 4.57.